The summed E-state index contributed by atoms with van der Waals surface area (Å²) in [6.45, 7) is 2.12. The Balaban J connectivity index is 3.04. The Morgan fingerprint density at radius 2 is 2.10 bits per heavy atom. The number of unbranched alkanes of at least 4 members (excludes halogenated alkanes) is 1. The van der Waals surface area contributed by atoms with Gasteiger partial charge in [-0.1, -0.05) is 24.2 Å². The zero-order valence-electron chi connectivity index (χ0n) is 6.71. The van der Waals surface area contributed by atoms with E-state index in [9.17, 15) is 0 Å². The van der Waals surface area contributed by atoms with Crippen molar-refractivity contribution in [3.63, 3.8) is 0 Å². The SMILES string of the molecule is CC/C=C/CC/C=N/OC. The second-order valence-corrected chi connectivity index (χ2v) is 1.93. The highest BCUT2D eigenvalue weighted by Gasteiger charge is 1.75. The summed E-state index contributed by atoms with van der Waals surface area (Å²) in [6, 6.07) is 0. The van der Waals surface area contributed by atoms with E-state index in [0.29, 0.717) is 0 Å². The van der Waals surface area contributed by atoms with Gasteiger partial charge in [-0.2, -0.15) is 0 Å². The molecule has 0 saturated heterocycles. The normalized spacial score (nSPS) is 11.4. The molecule has 0 bridgehead atoms. The molecule has 0 N–H and O–H groups in total. The molecule has 2 heteroatoms. The van der Waals surface area contributed by atoms with Crippen LogP contribution in [0, 0.1) is 0 Å². The molecular weight excluding hydrogens is 126 g/mol. The van der Waals surface area contributed by atoms with Crippen LogP contribution in [0.25, 0.3) is 0 Å². The topological polar surface area (TPSA) is 21.6 Å². The Bertz CT molecular complexity index is 93.8. The molecule has 2 nitrogen and oxygen atoms in total. The van der Waals surface area contributed by atoms with Crippen molar-refractivity contribution in [1.82, 2.24) is 0 Å². The summed E-state index contributed by atoms with van der Waals surface area (Å²) in [5.74, 6) is 0. The van der Waals surface area contributed by atoms with Crippen molar-refractivity contribution < 1.29 is 4.84 Å². The zero-order valence-corrected chi connectivity index (χ0v) is 6.71. The molecule has 0 saturated carbocycles. The van der Waals surface area contributed by atoms with Gasteiger partial charge in [0, 0.05) is 6.21 Å². The Hall–Kier alpha value is -0.790. The summed E-state index contributed by atoms with van der Waals surface area (Å²) < 4.78 is 0. The van der Waals surface area contributed by atoms with Crippen LogP contribution in [-0.4, -0.2) is 13.3 Å². The maximum atomic E-state index is 4.49. The molecule has 0 rings (SSSR count). The van der Waals surface area contributed by atoms with Crippen LogP contribution >= 0.6 is 0 Å². The maximum Gasteiger partial charge on any atom is 0.106 e. The Kier molecular flexibility index (Phi) is 7.56. The molecule has 0 fully saturated rings. The predicted octanol–water partition coefficient (Wildman–Crippen LogP) is 2.37. The summed E-state index contributed by atoms with van der Waals surface area (Å²) >= 11 is 0. The number of hydrogen-bond donors (Lipinski definition) is 0. The Labute approximate surface area is 62.6 Å². The second kappa shape index (κ2) is 8.21. The van der Waals surface area contributed by atoms with E-state index in [1.165, 1.54) is 0 Å². The molecule has 0 aromatic carbocycles. The molecule has 0 heterocycles. The van der Waals surface area contributed by atoms with E-state index in [4.69, 9.17) is 0 Å². The molecule has 0 radical (unpaired) electrons. The summed E-state index contributed by atoms with van der Waals surface area (Å²) in [4.78, 5) is 4.49. The third-order valence-electron chi connectivity index (χ3n) is 1.04. The molecular formula is C8H15NO. The van der Waals surface area contributed by atoms with Crippen molar-refractivity contribution in [2.24, 2.45) is 5.16 Å². The minimum Gasteiger partial charge on any atom is -0.399 e. The molecule has 0 unspecified atom stereocenters. The average Bonchev–Trinajstić information content (AvgIpc) is 1.97. The predicted molar refractivity (Wildman–Crippen MR) is 44.2 cm³/mol. The Morgan fingerprint density at radius 3 is 2.70 bits per heavy atom. The molecule has 0 spiro atoms. The van der Waals surface area contributed by atoms with Gasteiger partial charge in [0.25, 0.3) is 0 Å². The smallest absolute Gasteiger partial charge is 0.106 e. The minimum atomic E-state index is 0.963. The third kappa shape index (κ3) is 7.21. The van der Waals surface area contributed by atoms with E-state index >= 15 is 0 Å². The van der Waals surface area contributed by atoms with Crippen molar-refractivity contribution in [2.45, 2.75) is 26.2 Å². The third-order valence-corrected chi connectivity index (χ3v) is 1.04. The van der Waals surface area contributed by atoms with Gasteiger partial charge in [0.15, 0.2) is 0 Å². The van der Waals surface area contributed by atoms with E-state index in [-0.39, 0.29) is 0 Å². The molecule has 0 atom stereocenters. The lowest BCUT2D eigenvalue weighted by molar-refractivity contribution is 0.214. The molecule has 58 valence electrons. The lowest BCUT2D eigenvalue weighted by Gasteiger charge is -1.85. The summed E-state index contributed by atoms with van der Waals surface area (Å²) in [7, 11) is 1.55. The largest absolute Gasteiger partial charge is 0.399 e. The molecule has 0 aromatic heterocycles. The van der Waals surface area contributed by atoms with Crippen LogP contribution in [0.3, 0.4) is 0 Å². The number of rotatable bonds is 5. The van der Waals surface area contributed by atoms with Crippen LogP contribution in [0.2, 0.25) is 0 Å². The quantitative estimate of drug-likeness (QED) is 0.249. The van der Waals surface area contributed by atoms with E-state index in [1.807, 2.05) is 0 Å². The van der Waals surface area contributed by atoms with Crippen molar-refractivity contribution >= 4 is 6.21 Å². The minimum absolute atomic E-state index is 0.963. The highest BCUT2D eigenvalue weighted by Crippen LogP contribution is 1.89. The molecule has 0 aliphatic carbocycles. The van der Waals surface area contributed by atoms with Gasteiger partial charge in [-0.3, -0.25) is 0 Å². The van der Waals surface area contributed by atoms with Gasteiger partial charge >= 0.3 is 0 Å². The van der Waals surface area contributed by atoms with Crippen molar-refractivity contribution in [3.05, 3.63) is 12.2 Å². The highest BCUT2D eigenvalue weighted by atomic mass is 16.6. The van der Waals surface area contributed by atoms with Crippen molar-refractivity contribution in [2.75, 3.05) is 7.11 Å². The molecule has 10 heavy (non-hydrogen) atoms. The first-order chi connectivity index (χ1) is 4.91. The fourth-order valence-corrected chi connectivity index (χ4v) is 0.583. The summed E-state index contributed by atoms with van der Waals surface area (Å²) in [5, 5.41) is 3.61. The first-order valence-corrected chi connectivity index (χ1v) is 3.61. The van der Waals surface area contributed by atoms with Gasteiger partial charge in [0.2, 0.25) is 0 Å². The summed E-state index contributed by atoms with van der Waals surface area (Å²) in [6.07, 6.45) is 9.22. The monoisotopic (exact) mass is 141 g/mol. The van der Waals surface area contributed by atoms with Crippen LogP contribution in [0.1, 0.15) is 26.2 Å². The van der Waals surface area contributed by atoms with Gasteiger partial charge in [-0.05, 0) is 19.3 Å². The first-order valence-electron chi connectivity index (χ1n) is 3.61. The van der Waals surface area contributed by atoms with Gasteiger partial charge < -0.3 is 4.84 Å². The highest BCUT2D eigenvalue weighted by molar-refractivity contribution is 5.56. The van der Waals surface area contributed by atoms with Crippen molar-refractivity contribution in [3.8, 4) is 0 Å². The molecule has 0 aliphatic rings. The van der Waals surface area contributed by atoms with Gasteiger partial charge in [0.1, 0.15) is 7.11 Å². The van der Waals surface area contributed by atoms with E-state index in [0.717, 1.165) is 19.3 Å². The van der Waals surface area contributed by atoms with Gasteiger partial charge in [-0.25, -0.2) is 0 Å². The average molecular weight is 141 g/mol. The van der Waals surface area contributed by atoms with Crippen molar-refractivity contribution in [1.29, 1.82) is 0 Å². The first kappa shape index (κ1) is 9.21. The molecule has 0 aromatic rings. The van der Waals surface area contributed by atoms with E-state index in [1.54, 1.807) is 13.3 Å². The Morgan fingerprint density at radius 1 is 1.30 bits per heavy atom. The van der Waals surface area contributed by atoms with E-state index < -0.39 is 0 Å². The van der Waals surface area contributed by atoms with Crippen LogP contribution in [0.4, 0.5) is 0 Å². The van der Waals surface area contributed by atoms with Crippen LogP contribution in [0.15, 0.2) is 17.3 Å². The fraction of sp³-hybridized carbons (Fsp3) is 0.625. The van der Waals surface area contributed by atoms with Gasteiger partial charge in [0.05, 0.1) is 0 Å². The van der Waals surface area contributed by atoms with Crippen LogP contribution in [0.5, 0.6) is 0 Å². The van der Waals surface area contributed by atoms with Crippen LogP contribution < -0.4 is 0 Å². The zero-order chi connectivity index (χ0) is 7.66. The number of allylic oxidation sites excluding steroid dienone is 2. The lowest BCUT2D eigenvalue weighted by Crippen LogP contribution is -1.74. The van der Waals surface area contributed by atoms with Crippen LogP contribution in [-0.2, 0) is 4.84 Å². The summed E-state index contributed by atoms with van der Waals surface area (Å²) in [5.41, 5.74) is 0. The lowest BCUT2D eigenvalue weighted by atomic mass is 10.3. The van der Waals surface area contributed by atoms with E-state index in [2.05, 4.69) is 29.1 Å². The van der Waals surface area contributed by atoms with Gasteiger partial charge in [-0.15, -0.1) is 0 Å². The molecule has 0 aliphatic heterocycles. The second-order valence-electron chi connectivity index (χ2n) is 1.93. The number of nitrogens with zero attached hydrogens (tertiary/aromatic N) is 1. The number of hydrogen-bond acceptors (Lipinski definition) is 2. The maximum absolute atomic E-state index is 4.49. The molecule has 0 amide bonds. The standard InChI is InChI=1S/C8H15NO/c1-3-4-5-6-7-8-9-10-2/h4-5,8H,3,6-7H2,1-2H3/b5-4+,9-8+. The number of oxime groups is 1. The fourth-order valence-electron chi connectivity index (χ4n) is 0.583.